The SMILES string of the molecule is C=CCOC(=O)[C@H](N)CCNC=O. The molecule has 74 valence electrons. The fourth-order valence-electron chi connectivity index (χ4n) is 0.664. The highest BCUT2D eigenvalue weighted by Gasteiger charge is 2.13. The number of nitrogens with one attached hydrogen (secondary N) is 1. The van der Waals surface area contributed by atoms with Crippen LogP contribution in [0.5, 0.6) is 0 Å². The number of carbonyl (C=O) groups excluding carboxylic acids is 2. The zero-order valence-corrected chi connectivity index (χ0v) is 7.36. The number of rotatable bonds is 7. The molecule has 0 aromatic heterocycles. The zero-order chi connectivity index (χ0) is 10.1. The van der Waals surface area contributed by atoms with E-state index in [-0.39, 0.29) is 6.61 Å². The van der Waals surface area contributed by atoms with E-state index in [1.807, 2.05) is 0 Å². The maximum Gasteiger partial charge on any atom is 0.323 e. The summed E-state index contributed by atoms with van der Waals surface area (Å²) in [5, 5.41) is 2.40. The van der Waals surface area contributed by atoms with Crippen molar-refractivity contribution >= 4 is 12.4 Å². The molecule has 0 aliphatic heterocycles. The predicted molar refractivity (Wildman–Crippen MR) is 47.8 cm³/mol. The fourth-order valence-corrected chi connectivity index (χ4v) is 0.664. The van der Waals surface area contributed by atoms with Gasteiger partial charge in [0.1, 0.15) is 12.6 Å². The van der Waals surface area contributed by atoms with Crippen molar-refractivity contribution in [2.24, 2.45) is 5.73 Å². The number of nitrogens with two attached hydrogens (primary N) is 1. The van der Waals surface area contributed by atoms with Crippen LogP contribution in [-0.4, -0.2) is 31.6 Å². The molecule has 0 rings (SSSR count). The molecule has 5 heteroatoms. The summed E-state index contributed by atoms with van der Waals surface area (Å²) in [6, 6.07) is -0.688. The molecule has 0 bridgehead atoms. The van der Waals surface area contributed by atoms with Gasteiger partial charge in [0.25, 0.3) is 0 Å². The first-order valence-electron chi connectivity index (χ1n) is 3.92. The topological polar surface area (TPSA) is 81.4 Å². The second kappa shape index (κ2) is 7.30. The Morgan fingerprint density at radius 1 is 1.69 bits per heavy atom. The lowest BCUT2D eigenvalue weighted by Gasteiger charge is -2.09. The lowest BCUT2D eigenvalue weighted by molar-refractivity contribution is -0.144. The summed E-state index contributed by atoms with van der Waals surface area (Å²) in [7, 11) is 0. The van der Waals surface area contributed by atoms with Gasteiger partial charge in [-0.25, -0.2) is 0 Å². The molecule has 5 nitrogen and oxygen atoms in total. The number of hydrogen-bond acceptors (Lipinski definition) is 4. The summed E-state index contributed by atoms with van der Waals surface area (Å²) < 4.78 is 4.69. The fraction of sp³-hybridized carbons (Fsp3) is 0.500. The Kier molecular flexibility index (Phi) is 6.53. The molecule has 3 N–H and O–H groups in total. The largest absolute Gasteiger partial charge is 0.460 e. The second-order valence-corrected chi connectivity index (χ2v) is 2.39. The van der Waals surface area contributed by atoms with Crippen LogP contribution in [0.15, 0.2) is 12.7 Å². The number of hydrogen-bond donors (Lipinski definition) is 2. The highest BCUT2D eigenvalue weighted by Crippen LogP contribution is 1.90. The van der Waals surface area contributed by atoms with Crippen molar-refractivity contribution in [3.8, 4) is 0 Å². The van der Waals surface area contributed by atoms with Gasteiger partial charge in [0.2, 0.25) is 6.41 Å². The van der Waals surface area contributed by atoms with Gasteiger partial charge < -0.3 is 15.8 Å². The molecule has 0 saturated heterocycles. The molecule has 0 radical (unpaired) electrons. The van der Waals surface area contributed by atoms with Crippen LogP contribution in [-0.2, 0) is 14.3 Å². The molecule has 1 amide bonds. The first-order valence-corrected chi connectivity index (χ1v) is 3.92. The van der Waals surface area contributed by atoms with E-state index < -0.39 is 12.0 Å². The van der Waals surface area contributed by atoms with Crippen molar-refractivity contribution in [2.45, 2.75) is 12.5 Å². The molecule has 0 saturated carbocycles. The van der Waals surface area contributed by atoms with Gasteiger partial charge in [-0.15, -0.1) is 0 Å². The van der Waals surface area contributed by atoms with Gasteiger partial charge in [0, 0.05) is 6.54 Å². The van der Waals surface area contributed by atoms with Crippen molar-refractivity contribution < 1.29 is 14.3 Å². The van der Waals surface area contributed by atoms with Crippen LogP contribution >= 0.6 is 0 Å². The monoisotopic (exact) mass is 186 g/mol. The van der Waals surface area contributed by atoms with Crippen LogP contribution in [0.3, 0.4) is 0 Å². The van der Waals surface area contributed by atoms with E-state index in [0.29, 0.717) is 19.4 Å². The summed E-state index contributed by atoms with van der Waals surface area (Å²) in [6.45, 7) is 3.92. The molecule has 0 aliphatic carbocycles. The second-order valence-electron chi connectivity index (χ2n) is 2.39. The van der Waals surface area contributed by atoms with Crippen molar-refractivity contribution in [2.75, 3.05) is 13.2 Å². The lowest BCUT2D eigenvalue weighted by Crippen LogP contribution is -2.35. The third kappa shape index (κ3) is 5.86. The number of ether oxygens (including phenoxy) is 1. The van der Waals surface area contributed by atoms with Gasteiger partial charge in [-0.2, -0.15) is 0 Å². The Morgan fingerprint density at radius 2 is 2.38 bits per heavy atom. The van der Waals surface area contributed by atoms with E-state index in [9.17, 15) is 9.59 Å². The Balaban J connectivity index is 3.55. The summed E-state index contributed by atoms with van der Waals surface area (Å²) in [5.41, 5.74) is 5.43. The number of esters is 1. The van der Waals surface area contributed by atoms with Gasteiger partial charge in [0.15, 0.2) is 0 Å². The summed E-state index contributed by atoms with van der Waals surface area (Å²) in [6.07, 6.45) is 2.39. The normalized spacial score (nSPS) is 11.5. The quantitative estimate of drug-likeness (QED) is 0.235. The van der Waals surface area contributed by atoms with E-state index in [2.05, 4.69) is 16.6 Å². The Labute approximate surface area is 76.9 Å². The first kappa shape index (κ1) is 11.6. The molecule has 0 heterocycles. The Hall–Kier alpha value is -1.36. The Morgan fingerprint density at radius 3 is 2.92 bits per heavy atom. The molecule has 0 aliphatic rings. The lowest BCUT2D eigenvalue weighted by atomic mass is 10.2. The maximum absolute atomic E-state index is 11.0. The minimum absolute atomic E-state index is 0.160. The highest BCUT2D eigenvalue weighted by molar-refractivity contribution is 5.75. The van der Waals surface area contributed by atoms with Gasteiger partial charge in [-0.05, 0) is 6.42 Å². The predicted octanol–water partition coefficient (Wildman–Crippen LogP) is -0.821. The minimum Gasteiger partial charge on any atom is -0.460 e. The van der Waals surface area contributed by atoms with Crippen molar-refractivity contribution in [1.82, 2.24) is 5.32 Å². The van der Waals surface area contributed by atoms with Crippen LogP contribution in [0.1, 0.15) is 6.42 Å². The third-order valence-corrected chi connectivity index (χ3v) is 1.33. The number of carbonyl (C=O) groups is 2. The van der Waals surface area contributed by atoms with Gasteiger partial charge in [-0.1, -0.05) is 12.7 Å². The van der Waals surface area contributed by atoms with E-state index in [4.69, 9.17) is 5.73 Å². The van der Waals surface area contributed by atoms with Crippen LogP contribution in [0.2, 0.25) is 0 Å². The maximum atomic E-state index is 11.0. The molecule has 1 atom stereocenters. The van der Waals surface area contributed by atoms with E-state index in [1.165, 1.54) is 6.08 Å². The summed E-state index contributed by atoms with van der Waals surface area (Å²) in [4.78, 5) is 20.8. The average Bonchev–Trinajstić information content (AvgIpc) is 2.14. The van der Waals surface area contributed by atoms with Crippen molar-refractivity contribution in [3.63, 3.8) is 0 Å². The first-order chi connectivity index (χ1) is 6.22. The average molecular weight is 186 g/mol. The van der Waals surface area contributed by atoms with Gasteiger partial charge in [-0.3, -0.25) is 9.59 Å². The van der Waals surface area contributed by atoms with Crippen LogP contribution in [0, 0.1) is 0 Å². The Bertz CT molecular complexity index is 182. The molecular formula is C8H14N2O3. The molecule has 0 aromatic rings. The van der Waals surface area contributed by atoms with E-state index in [1.54, 1.807) is 0 Å². The van der Waals surface area contributed by atoms with Crippen LogP contribution in [0.4, 0.5) is 0 Å². The zero-order valence-electron chi connectivity index (χ0n) is 7.36. The van der Waals surface area contributed by atoms with E-state index >= 15 is 0 Å². The highest BCUT2D eigenvalue weighted by atomic mass is 16.5. The van der Waals surface area contributed by atoms with Gasteiger partial charge >= 0.3 is 5.97 Å². The van der Waals surface area contributed by atoms with Crippen LogP contribution in [0.25, 0.3) is 0 Å². The number of amides is 1. The molecular weight excluding hydrogens is 172 g/mol. The van der Waals surface area contributed by atoms with Gasteiger partial charge in [0.05, 0.1) is 0 Å². The molecule has 13 heavy (non-hydrogen) atoms. The summed E-state index contributed by atoms with van der Waals surface area (Å²) >= 11 is 0. The molecule has 0 spiro atoms. The van der Waals surface area contributed by atoms with Crippen molar-refractivity contribution in [1.29, 1.82) is 0 Å². The standard InChI is InChI=1S/C8H14N2O3/c1-2-5-13-8(12)7(9)3-4-10-6-11/h2,6-7H,1,3-5,9H2,(H,10,11)/t7-/m1/s1. The molecule has 0 aromatic carbocycles. The van der Waals surface area contributed by atoms with Crippen LogP contribution < -0.4 is 11.1 Å². The molecule has 0 fully saturated rings. The third-order valence-electron chi connectivity index (χ3n) is 1.33. The smallest absolute Gasteiger partial charge is 0.323 e. The van der Waals surface area contributed by atoms with E-state index in [0.717, 1.165) is 0 Å². The molecule has 0 unspecified atom stereocenters. The van der Waals surface area contributed by atoms with Crippen molar-refractivity contribution in [3.05, 3.63) is 12.7 Å². The minimum atomic E-state index is -0.688. The summed E-state index contributed by atoms with van der Waals surface area (Å²) in [5.74, 6) is -0.479.